The molecule has 0 fully saturated rings. The summed E-state index contributed by atoms with van der Waals surface area (Å²) in [7, 11) is 0. The molecule has 21 heavy (non-hydrogen) atoms. The highest BCUT2D eigenvalue weighted by Crippen LogP contribution is 2.22. The van der Waals surface area contributed by atoms with E-state index >= 15 is 0 Å². The molecule has 0 saturated heterocycles. The van der Waals surface area contributed by atoms with Crippen molar-refractivity contribution in [1.29, 1.82) is 0 Å². The fraction of sp³-hybridized carbons (Fsp3) is 0.0714. The number of carbonyl (C=O) groups excluding carboxylic acids is 1. The number of pyridine rings is 1. The molecular formula is C14H11ClN2O3S. The number of carboxylic acid groups (broad SMARTS) is 1. The van der Waals surface area contributed by atoms with E-state index < -0.39 is 5.97 Å². The van der Waals surface area contributed by atoms with Gasteiger partial charge < -0.3 is 10.4 Å². The summed E-state index contributed by atoms with van der Waals surface area (Å²) in [5, 5.41) is 12.0. The molecule has 0 spiro atoms. The fourth-order valence-electron chi connectivity index (χ4n) is 1.52. The number of carboxylic acids is 1. The maximum Gasteiger partial charge on any atom is 0.354 e. The van der Waals surface area contributed by atoms with Gasteiger partial charge in [-0.05, 0) is 24.3 Å². The minimum Gasteiger partial charge on any atom is -0.477 e. The number of aromatic nitrogens is 1. The van der Waals surface area contributed by atoms with E-state index in [1.807, 2.05) is 0 Å². The zero-order chi connectivity index (χ0) is 15.2. The van der Waals surface area contributed by atoms with Crippen LogP contribution in [0.5, 0.6) is 0 Å². The number of amides is 1. The molecule has 1 heterocycles. The van der Waals surface area contributed by atoms with Crippen molar-refractivity contribution in [2.75, 3.05) is 11.1 Å². The van der Waals surface area contributed by atoms with E-state index in [2.05, 4.69) is 10.3 Å². The lowest BCUT2D eigenvalue weighted by atomic mass is 10.3. The quantitative estimate of drug-likeness (QED) is 0.827. The summed E-state index contributed by atoms with van der Waals surface area (Å²) in [5.74, 6) is -1.17. The Hall–Kier alpha value is -2.05. The molecule has 0 unspecified atom stereocenters. The van der Waals surface area contributed by atoms with Gasteiger partial charge in [-0.2, -0.15) is 0 Å². The van der Waals surface area contributed by atoms with E-state index in [0.29, 0.717) is 15.6 Å². The second-order valence-electron chi connectivity index (χ2n) is 4.00. The van der Waals surface area contributed by atoms with E-state index in [4.69, 9.17) is 16.7 Å². The molecule has 2 rings (SSSR count). The largest absolute Gasteiger partial charge is 0.477 e. The van der Waals surface area contributed by atoms with Gasteiger partial charge in [-0.1, -0.05) is 23.7 Å². The average Bonchev–Trinajstić information content (AvgIpc) is 2.48. The van der Waals surface area contributed by atoms with Gasteiger partial charge in [0.2, 0.25) is 5.91 Å². The first-order valence-corrected chi connectivity index (χ1v) is 7.29. The highest BCUT2D eigenvalue weighted by Gasteiger charge is 2.08. The molecule has 108 valence electrons. The van der Waals surface area contributed by atoms with E-state index in [-0.39, 0.29) is 17.4 Å². The Bertz CT molecular complexity index is 679. The van der Waals surface area contributed by atoms with Crippen LogP contribution in [-0.2, 0) is 4.79 Å². The van der Waals surface area contributed by atoms with Gasteiger partial charge in [0, 0.05) is 11.1 Å². The Morgan fingerprint density at radius 2 is 2.05 bits per heavy atom. The summed E-state index contributed by atoms with van der Waals surface area (Å²) in [6.07, 6.45) is 1.40. The third-order valence-electron chi connectivity index (χ3n) is 2.47. The number of nitrogens with zero attached hydrogens (tertiary/aromatic N) is 1. The van der Waals surface area contributed by atoms with Crippen molar-refractivity contribution in [2.45, 2.75) is 4.90 Å². The van der Waals surface area contributed by atoms with Gasteiger partial charge >= 0.3 is 5.97 Å². The van der Waals surface area contributed by atoms with Crippen LogP contribution in [0.15, 0.2) is 47.5 Å². The van der Waals surface area contributed by atoms with Crippen LogP contribution in [0, 0.1) is 0 Å². The van der Waals surface area contributed by atoms with E-state index in [1.165, 1.54) is 24.0 Å². The third-order valence-corrected chi connectivity index (χ3v) is 3.79. The molecule has 0 saturated carbocycles. The summed E-state index contributed by atoms with van der Waals surface area (Å²) in [5.41, 5.74) is 0.497. The van der Waals surface area contributed by atoms with Crippen molar-refractivity contribution in [1.82, 2.24) is 4.98 Å². The van der Waals surface area contributed by atoms with Gasteiger partial charge in [-0.15, -0.1) is 11.8 Å². The molecule has 1 aromatic carbocycles. The second-order valence-corrected chi connectivity index (χ2v) is 5.45. The summed E-state index contributed by atoms with van der Waals surface area (Å²) >= 11 is 7.17. The monoisotopic (exact) mass is 322 g/mol. The van der Waals surface area contributed by atoms with Crippen LogP contribution in [-0.4, -0.2) is 27.7 Å². The predicted octanol–water partition coefficient (Wildman–Crippen LogP) is 3.16. The number of para-hydroxylation sites is 1. The lowest BCUT2D eigenvalue weighted by Crippen LogP contribution is -2.14. The Morgan fingerprint density at radius 1 is 1.29 bits per heavy atom. The highest BCUT2D eigenvalue weighted by atomic mass is 35.5. The summed E-state index contributed by atoms with van der Waals surface area (Å²) in [6.45, 7) is 0. The van der Waals surface area contributed by atoms with Gasteiger partial charge in [-0.3, -0.25) is 4.79 Å². The number of anilines is 1. The number of rotatable bonds is 5. The molecule has 1 aromatic heterocycles. The number of halogens is 1. The van der Waals surface area contributed by atoms with Crippen molar-refractivity contribution in [3.8, 4) is 0 Å². The molecule has 2 aromatic rings. The van der Waals surface area contributed by atoms with Crippen molar-refractivity contribution in [2.24, 2.45) is 0 Å². The number of aromatic carboxylic acids is 1. The van der Waals surface area contributed by atoms with Crippen molar-refractivity contribution >= 4 is 40.9 Å². The smallest absolute Gasteiger partial charge is 0.354 e. The minimum atomic E-state index is -1.10. The van der Waals surface area contributed by atoms with Crippen LogP contribution in [0.3, 0.4) is 0 Å². The Morgan fingerprint density at radius 3 is 2.76 bits per heavy atom. The van der Waals surface area contributed by atoms with Crippen LogP contribution in [0.25, 0.3) is 0 Å². The highest BCUT2D eigenvalue weighted by molar-refractivity contribution is 8.00. The number of nitrogens with one attached hydrogen (secondary N) is 1. The minimum absolute atomic E-state index is 0.0495. The summed E-state index contributed by atoms with van der Waals surface area (Å²) < 4.78 is 0. The second kappa shape index (κ2) is 7.10. The number of hydrogen-bond acceptors (Lipinski definition) is 4. The standard InChI is InChI=1S/C14H11ClN2O3S/c15-10-3-1-2-4-11(10)17-13(18)8-21-9-5-6-16-12(7-9)14(19)20/h1-7H,8H2,(H,17,18)(H,19,20). The first kappa shape index (κ1) is 15.3. The third kappa shape index (κ3) is 4.47. The van der Waals surface area contributed by atoms with Crippen molar-refractivity contribution < 1.29 is 14.7 Å². The van der Waals surface area contributed by atoms with Gasteiger partial charge in [0.1, 0.15) is 5.69 Å². The lowest BCUT2D eigenvalue weighted by molar-refractivity contribution is -0.113. The number of benzene rings is 1. The molecule has 1 amide bonds. The molecule has 7 heteroatoms. The van der Waals surface area contributed by atoms with Crippen LogP contribution >= 0.6 is 23.4 Å². The van der Waals surface area contributed by atoms with Gasteiger partial charge in [-0.25, -0.2) is 9.78 Å². The van der Waals surface area contributed by atoms with E-state index in [1.54, 1.807) is 30.3 Å². The van der Waals surface area contributed by atoms with Gasteiger partial charge in [0.15, 0.2) is 0 Å². The topological polar surface area (TPSA) is 79.3 Å². The lowest BCUT2D eigenvalue weighted by Gasteiger charge is -2.07. The van der Waals surface area contributed by atoms with Crippen molar-refractivity contribution in [3.05, 3.63) is 53.3 Å². The van der Waals surface area contributed by atoms with Crippen LogP contribution in [0.4, 0.5) is 5.69 Å². The van der Waals surface area contributed by atoms with E-state index in [9.17, 15) is 9.59 Å². The Balaban J connectivity index is 1.94. The molecule has 0 aliphatic carbocycles. The van der Waals surface area contributed by atoms with E-state index in [0.717, 1.165) is 0 Å². The van der Waals surface area contributed by atoms with Crippen LogP contribution in [0.2, 0.25) is 5.02 Å². The molecule has 0 atom stereocenters. The van der Waals surface area contributed by atoms with Crippen LogP contribution < -0.4 is 5.32 Å². The molecule has 2 N–H and O–H groups in total. The van der Waals surface area contributed by atoms with Crippen LogP contribution in [0.1, 0.15) is 10.5 Å². The molecule has 0 bridgehead atoms. The maximum absolute atomic E-state index is 11.8. The zero-order valence-corrected chi connectivity index (χ0v) is 12.3. The SMILES string of the molecule is O=C(CSc1ccnc(C(=O)O)c1)Nc1ccccc1Cl. The summed E-state index contributed by atoms with van der Waals surface area (Å²) in [4.78, 5) is 27.0. The maximum atomic E-state index is 11.8. The first-order valence-electron chi connectivity index (χ1n) is 5.93. The molecular weight excluding hydrogens is 312 g/mol. The van der Waals surface area contributed by atoms with Crippen molar-refractivity contribution in [3.63, 3.8) is 0 Å². The molecule has 0 radical (unpaired) electrons. The van der Waals surface area contributed by atoms with Gasteiger partial charge in [0.05, 0.1) is 16.5 Å². The predicted molar refractivity (Wildman–Crippen MR) is 82.0 cm³/mol. The Labute approximate surface area is 130 Å². The molecule has 0 aliphatic rings. The zero-order valence-electron chi connectivity index (χ0n) is 10.7. The molecule has 5 nitrogen and oxygen atoms in total. The number of thioether (sulfide) groups is 1. The first-order chi connectivity index (χ1) is 10.1. The Kier molecular flexibility index (Phi) is 5.19. The summed E-state index contributed by atoms with van der Waals surface area (Å²) in [6, 6.07) is 10.0. The van der Waals surface area contributed by atoms with Gasteiger partial charge in [0.25, 0.3) is 0 Å². The number of hydrogen-bond donors (Lipinski definition) is 2. The average molecular weight is 323 g/mol. The fourth-order valence-corrected chi connectivity index (χ4v) is 2.42. The normalized spacial score (nSPS) is 10.1. The molecule has 0 aliphatic heterocycles. The number of carbonyl (C=O) groups is 2.